The van der Waals surface area contributed by atoms with Gasteiger partial charge in [-0.1, -0.05) is 0 Å². The van der Waals surface area contributed by atoms with Gasteiger partial charge in [0, 0.05) is 39.5 Å². The van der Waals surface area contributed by atoms with Gasteiger partial charge >= 0.3 is 19.8 Å². The zero-order chi connectivity index (χ0) is 30.6. The molecule has 0 amide bonds. The van der Waals surface area contributed by atoms with E-state index in [0.717, 1.165) is 32.5 Å². The Morgan fingerprint density at radius 2 is 1.34 bits per heavy atom. The van der Waals surface area contributed by atoms with Crippen LogP contribution in [0.3, 0.4) is 0 Å². The van der Waals surface area contributed by atoms with Crippen molar-refractivity contribution in [2.45, 2.75) is 17.6 Å². The molecule has 2 aromatic carbocycles. The first kappa shape index (κ1) is 39.7. The van der Waals surface area contributed by atoms with E-state index in [1.54, 1.807) is 0 Å². The first-order valence-electron chi connectivity index (χ1n) is 11.4. The van der Waals surface area contributed by atoms with Gasteiger partial charge in [-0.3, -0.25) is 18.6 Å². The number of rotatable bonds is 17. The molecule has 18 heteroatoms. The average molecular weight is 1300 g/mol. The Bertz CT molecular complexity index is 1260. The van der Waals surface area contributed by atoms with Crippen molar-refractivity contribution in [3.8, 4) is 0 Å². The maximum Gasteiger partial charge on any atom is 0.472 e. The zero-order valence-corrected chi connectivity index (χ0v) is 36.4. The fraction of sp³-hybridized carbons (Fsp3) is 0.391. The van der Waals surface area contributed by atoms with E-state index in [9.17, 15) is 19.0 Å². The summed E-state index contributed by atoms with van der Waals surface area (Å²) in [7, 11) is -4.42. The molecule has 9 nitrogen and oxygen atoms in total. The Labute approximate surface area is 329 Å². The van der Waals surface area contributed by atoms with Gasteiger partial charge in [-0.25, -0.2) is 4.57 Å². The quantitative estimate of drug-likeness (QED) is 0.0733. The summed E-state index contributed by atoms with van der Waals surface area (Å²) in [6.45, 7) is -0.993. The molecule has 0 saturated carbocycles. The van der Waals surface area contributed by atoms with Gasteiger partial charge in [0.25, 0.3) is 0 Å². The van der Waals surface area contributed by atoms with Crippen LogP contribution in [-0.2, 0) is 44.2 Å². The highest BCUT2D eigenvalue weighted by Gasteiger charge is 2.26. The highest BCUT2D eigenvalue weighted by molar-refractivity contribution is 14.1. The number of nitrogens with two attached hydrogens (primary N) is 1. The first-order valence-corrected chi connectivity index (χ1v) is 21.7. The van der Waals surface area contributed by atoms with Gasteiger partial charge < -0.3 is 20.1 Å². The maximum absolute atomic E-state index is 12.6. The fourth-order valence-corrected chi connectivity index (χ4v) is 10.7. The third kappa shape index (κ3) is 15.8. The van der Waals surface area contributed by atoms with Gasteiger partial charge in [-0.2, -0.15) is 0 Å². The zero-order valence-electron chi connectivity index (χ0n) is 21.0. The maximum atomic E-state index is 12.6. The van der Waals surface area contributed by atoms with Crippen LogP contribution < -0.4 is 5.73 Å². The van der Waals surface area contributed by atoms with Crippen LogP contribution in [0.4, 0.5) is 0 Å². The number of carbonyl (C=O) groups is 2. The van der Waals surface area contributed by atoms with Gasteiger partial charge in [-0.15, -0.1) is 23.5 Å². The molecule has 0 aromatic heterocycles. The molecule has 0 aliphatic heterocycles. The van der Waals surface area contributed by atoms with E-state index >= 15 is 0 Å². The summed E-state index contributed by atoms with van der Waals surface area (Å²) in [5.74, 6) is 0.277. The standard InChI is InChI=1S/C23H24I6NO8PS2/c24-15-3-13(22(28)18(26)5-15)9-40-11-20(31)35-7-17(8-37-39(33,34)36-2-1-30)38-21(32)12-41-10-14-4-16(25)6-19(27)23(14)29/h3-6,17H,1-2,7-12,30H2,(H,33,34)/t17-/m1/s1. The smallest absolute Gasteiger partial charge is 0.461 e. The van der Waals surface area contributed by atoms with E-state index in [2.05, 4.69) is 160 Å². The molecule has 2 rings (SSSR count). The van der Waals surface area contributed by atoms with Gasteiger partial charge in [-0.05, 0) is 171 Å². The third-order valence-corrected chi connectivity index (χ3v) is 15.1. The lowest BCUT2D eigenvalue weighted by molar-refractivity contribution is -0.157. The minimum Gasteiger partial charge on any atom is -0.461 e. The number of thioether (sulfide) groups is 2. The summed E-state index contributed by atoms with van der Waals surface area (Å²) < 4.78 is 39.3. The van der Waals surface area contributed by atoms with Gasteiger partial charge in [0.05, 0.1) is 24.7 Å². The molecule has 1 unspecified atom stereocenters. The molecule has 2 aromatic rings. The highest BCUT2D eigenvalue weighted by Crippen LogP contribution is 2.43. The molecular formula is C23H24I6NO8PS2. The number of carbonyl (C=O) groups excluding carboxylic acids is 2. The second-order valence-corrected chi connectivity index (χ2v) is 18.3. The van der Waals surface area contributed by atoms with Crippen LogP contribution in [0, 0.1) is 21.4 Å². The van der Waals surface area contributed by atoms with Crippen molar-refractivity contribution in [3.63, 3.8) is 0 Å². The summed E-state index contributed by atoms with van der Waals surface area (Å²) >= 11 is 16.4. The molecule has 0 aliphatic carbocycles. The number of phosphoric acid groups is 1. The Hall–Kier alpha value is 2.53. The van der Waals surface area contributed by atoms with E-state index in [1.165, 1.54) is 23.5 Å². The van der Waals surface area contributed by atoms with Crippen LogP contribution >= 0.6 is 167 Å². The largest absolute Gasteiger partial charge is 0.472 e. The lowest BCUT2D eigenvalue weighted by atomic mass is 10.2. The van der Waals surface area contributed by atoms with Crippen LogP contribution in [0.25, 0.3) is 0 Å². The SMILES string of the molecule is NCCOP(=O)(O)OC[C@@H](COC(=O)CSCc1cc(I)cc(I)c1I)OC(=O)CSCc1cc(I)cc(I)c1I. The number of esters is 2. The van der Waals surface area contributed by atoms with Crippen molar-refractivity contribution in [3.05, 3.63) is 56.8 Å². The number of benzene rings is 2. The van der Waals surface area contributed by atoms with Crippen LogP contribution in [0.1, 0.15) is 11.1 Å². The molecule has 228 valence electrons. The predicted molar refractivity (Wildman–Crippen MR) is 213 cm³/mol. The third-order valence-electron chi connectivity index (χ3n) is 4.62. The van der Waals surface area contributed by atoms with Crippen LogP contribution in [0.15, 0.2) is 24.3 Å². The molecule has 0 spiro atoms. The normalized spacial score (nSPS) is 13.5. The molecular weight excluding hydrogens is 1270 g/mol. The molecule has 0 radical (unpaired) electrons. The van der Waals surface area contributed by atoms with E-state index in [4.69, 9.17) is 24.3 Å². The number of ether oxygens (including phenoxy) is 2. The number of phosphoric ester groups is 1. The van der Waals surface area contributed by atoms with Crippen LogP contribution in [0.2, 0.25) is 0 Å². The number of hydrogen-bond acceptors (Lipinski definition) is 10. The van der Waals surface area contributed by atoms with E-state index in [0.29, 0.717) is 11.5 Å². The van der Waals surface area contributed by atoms with Gasteiger partial charge in [0.1, 0.15) is 6.61 Å². The Morgan fingerprint density at radius 3 is 1.85 bits per heavy atom. The Kier molecular flexibility index (Phi) is 20.0. The van der Waals surface area contributed by atoms with Crippen molar-refractivity contribution >= 4 is 179 Å². The summed E-state index contributed by atoms with van der Waals surface area (Å²) in [6, 6.07) is 8.31. The van der Waals surface area contributed by atoms with E-state index < -0.39 is 32.5 Å². The molecule has 3 N–H and O–H groups in total. The summed E-state index contributed by atoms with van der Waals surface area (Å²) in [4.78, 5) is 34.8. The highest BCUT2D eigenvalue weighted by atomic mass is 127. The van der Waals surface area contributed by atoms with Crippen molar-refractivity contribution in [1.82, 2.24) is 0 Å². The first-order chi connectivity index (χ1) is 19.3. The summed E-state index contributed by atoms with van der Waals surface area (Å²) in [6.07, 6.45) is -1.10. The lowest BCUT2D eigenvalue weighted by Crippen LogP contribution is -2.30. The minimum absolute atomic E-state index is 0.0254. The van der Waals surface area contributed by atoms with Crippen molar-refractivity contribution in [2.75, 3.05) is 37.9 Å². The molecule has 41 heavy (non-hydrogen) atoms. The summed E-state index contributed by atoms with van der Waals surface area (Å²) in [5, 5.41) is 0. The van der Waals surface area contributed by atoms with Crippen molar-refractivity contribution in [2.24, 2.45) is 5.73 Å². The van der Waals surface area contributed by atoms with Crippen LogP contribution in [0.5, 0.6) is 0 Å². The topological polar surface area (TPSA) is 134 Å². The van der Waals surface area contributed by atoms with Gasteiger partial charge in [0.2, 0.25) is 0 Å². The number of hydrogen-bond donors (Lipinski definition) is 2. The predicted octanol–water partition coefficient (Wildman–Crippen LogP) is 7.03. The lowest BCUT2D eigenvalue weighted by Gasteiger charge is -2.19. The molecule has 0 fully saturated rings. The molecule has 2 atom stereocenters. The molecule has 0 aliphatic rings. The second-order valence-electron chi connectivity index (χ2n) is 7.89. The Morgan fingerprint density at radius 1 is 0.829 bits per heavy atom. The molecule has 0 heterocycles. The van der Waals surface area contributed by atoms with E-state index in [1.807, 2.05) is 0 Å². The summed E-state index contributed by atoms with van der Waals surface area (Å²) in [5.41, 5.74) is 7.54. The monoisotopic (exact) mass is 1300 g/mol. The minimum atomic E-state index is -4.42. The van der Waals surface area contributed by atoms with E-state index in [-0.39, 0.29) is 31.3 Å². The van der Waals surface area contributed by atoms with Gasteiger partial charge in [0.15, 0.2) is 6.10 Å². The second kappa shape index (κ2) is 20.7. The fourth-order valence-electron chi connectivity index (χ4n) is 2.86. The molecule has 0 saturated heterocycles. The molecule has 0 bridgehead atoms. The van der Waals surface area contributed by atoms with Crippen molar-refractivity contribution in [1.29, 1.82) is 0 Å². The van der Waals surface area contributed by atoms with Crippen LogP contribution in [-0.4, -0.2) is 60.8 Å². The number of halogens is 6. The average Bonchev–Trinajstić information content (AvgIpc) is 2.90. The Balaban J connectivity index is 1.91. The van der Waals surface area contributed by atoms with Crippen molar-refractivity contribution < 1.29 is 37.6 Å².